The number of amides is 2. The molecule has 2 heterocycles. The van der Waals surface area contributed by atoms with Crippen molar-refractivity contribution < 1.29 is 19.1 Å². The summed E-state index contributed by atoms with van der Waals surface area (Å²) in [5.74, 6) is 0.921. The van der Waals surface area contributed by atoms with Gasteiger partial charge in [-0.2, -0.15) is 0 Å². The molecular formula is C29H36N2O4. The third kappa shape index (κ3) is 5.53. The second kappa shape index (κ2) is 10.8. The number of aryl methyl sites for hydroxylation is 1. The average Bonchev–Trinajstić information content (AvgIpc) is 3.60. The fraction of sp³-hybridized carbons (Fsp3) is 0.517. The van der Waals surface area contributed by atoms with Crippen LogP contribution >= 0.6 is 0 Å². The van der Waals surface area contributed by atoms with Crippen LogP contribution < -0.4 is 10.1 Å². The summed E-state index contributed by atoms with van der Waals surface area (Å²) in [4.78, 5) is 28.0. The normalized spacial score (nSPS) is 22.1. The van der Waals surface area contributed by atoms with Gasteiger partial charge in [-0.15, -0.1) is 0 Å². The number of hydrogen-bond acceptors (Lipinski definition) is 4. The molecule has 1 N–H and O–H groups in total. The maximum absolute atomic E-state index is 13.6. The maximum Gasteiger partial charge on any atom is 0.258 e. The summed E-state index contributed by atoms with van der Waals surface area (Å²) in [6.07, 6.45) is 7.25. The first-order valence-electron chi connectivity index (χ1n) is 13.1. The van der Waals surface area contributed by atoms with Crippen LogP contribution in [-0.4, -0.2) is 49.1 Å². The average molecular weight is 477 g/mol. The molecule has 2 aromatic carbocycles. The fourth-order valence-electron chi connectivity index (χ4n) is 5.67. The van der Waals surface area contributed by atoms with Gasteiger partial charge in [0.15, 0.2) is 6.61 Å². The number of rotatable bonds is 7. The quantitative estimate of drug-likeness (QED) is 0.646. The highest BCUT2D eigenvalue weighted by atomic mass is 16.5. The van der Waals surface area contributed by atoms with E-state index in [9.17, 15) is 9.59 Å². The van der Waals surface area contributed by atoms with E-state index in [0.29, 0.717) is 12.3 Å². The Balaban J connectivity index is 1.34. The second-order valence-corrected chi connectivity index (χ2v) is 10.2. The van der Waals surface area contributed by atoms with E-state index in [4.69, 9.17) is 9.47 Å². The fourth-order valence-corrected chi connectivity index (χ4v) is 5.67. The van der Waals surface area contributed by atoms with Gasteiger partial charge in [-0.3, -0.25) is 9.59 Å². The third-order valence-electron chi connectivity index (χ3n) is 7.65. The SMILES string of the molecule is Cc1ccc([C@@H]2c3cc(OCC(=O)NC[C@@H]4CCCO4)ccc3CCN2C(=O)C2CCCC2)cc1. The smallest absolute Gasteiger partial charge is 0.258 e. The van der Waals surface area contributed by atoms with Gasteiger partial charge < -0.3 is 19.7 Å². The van der Waals surface area contributed by atoms with Crippen LogP contribution in [0.4, 0.5) is 0 Å². The molecule has 0 aromatic heterocycles. The minimum Gasteiger partial charge on any atom is -0.484 e. The van der Waals surface area contributed by atoms with Crippen molar-refractivity contribution in [2.24, 2.45) is 5.92 Å². The van der Waals surface area contributed by atoms with Crippen molar-refractivity contribution in [3.63, 3.8) is 0 Å². The van der Waals surface area contributed by atoms with Crippen LogP contribution in [0.25, 0.3) is 0 Å². The molecule has 0 bridgehead atoms. The Morgan fingerprint density at radius 2 is 1.86 bits per heavy atom. The van der Waals surface area contributed by atoms with Gasteiger partial charge in [0.25, 0.3) is 5.91 Å². The van der Waals surface area contributed by atoms with Gasteiger partial charge in [-0.25, -0.2) is 0 Å². The van der Waals surface area contributed by atoms with E-state index in [1.54, 1.807) is 0 Å². The first kappa shape index (κ1) is 23.9. The Hall–Kier alpha value is -2.86. The second-order valence-electron chi connectivity index (χ2n) is 10.2. The van der Waals surface area contributed by atoms with Crippen molar-refractivity contribution in [1.29, 1.82) is 0 Å². The Labute approximate surface area is 208 Å². The number of nitrogens with one attached hydrogen (secondary N) is 1. The summed E-state index contributed by atoms with van der Waals surface area (Å²) in [5, 5.41) is 2.91. The molecule has 186 valence electrons. The molecule has 1 saturated carbocycles. The molecule has 5 rings (SSSR count). The lowest BCUT2D eigenvalue weighted by Gasteiger charge is -2.39. The van der Waals surface area contributed by atoms with Crippen LogP contribution in [-0.2, 0) is 20.7 Å². The van der Waals surface area contributed by atoms with E-state index in [0.717, 1.165) is 69.2 Å². The maximum atomic E-state index is 13.6. The van der Waals surface area contributed by atoms with Gasteiger partial charge in [-0.05, 0) is 67.9 Å². The molecule has 6 heteroatoms. The number of carbonyl (C=O) groups is 2. The zero-order chi connectivity index (χ0) is 24.2. The number of fused-ring (bicyclic) bond motifs is 1. The van der Waals surface area contributed by atoms with Gasteiger partial charge in [0.1, 0.15) is 5.75 Å². The molecule has 0 radical (unpaired) electrons. The van der Waals surface area contributed by atoms with Crippen LogP contribution in [0.1, 0.15) is 66.8 Å². The number of ether oxygens (including phenoxy) is 2. The van der Waals surface area contributed by atoms with Gasteiger partial charge in [-0.1, -0.05) is 48.7 Å². The van der Waals surface area contributed by atoms with Crippen molar-refractivity contribution in [2.45, 2.75) is 64.0 Å². The number of benzene rings is 2. The largest absolute Gasteiger partial charge is 0.484 e. The molecule has 6 nitrogen and oxygen atoms in total. The number of nitrogens with zero attached hydrogens (tertiary/aromatic N) is 1. The zero-order valence-electron chi connectivity index (χ0n) is 20.6. The Bertz CT molecular complexity index is 1040. The van der Waals surface area contributed by atoms with Crippen LogP contribution in [0.5, 0.6) is 5.75 Å². The molecule has 2 aromatic rings. The molecule has 2 fully saturated rings. The summed E-state index contributed by atoms with van der Waals surface area (Å²) < 4.78 is 11.5. The van der Waals surface area contributed by atoms with Crippen molar-refractivity contribution in [1.82, 2.24) is 10.2 Å². The summed E-state index contributed by atoms with van der Waals surface area (Å²) in [6.45, 7) is 4.07. The van der Waals surface area contributed by atoms with Gasteiger partial charge in [0.2, 0.25) is 5.91 Å². The Morgan fingerprint density at radius 1 is 1.06 bits per heavy atom. The van der Waals surface area contributed by atoms with Crippen LogP contribution in [0.3, 0.4) is 0 Å². The van der Waals surface area contributed by atoms with Crippen LogP contribution in [0, 0.1) is 12.8 Å². The van der Waals surface area contributed by atoms with Crippen molar-refractivity contribution in [3.8, 4) is 5.75 Å². The molecular weight excluding hydrogens is 440 g/mol. The Morgan fingerprint density at radius 3 is 2.60 bits per heavy atom. The van der Waals surface area contributed by atoms with E-state index in [-0.39, 0.29) is 36.5 Å². The summed E-state index contributed by atoms with van der Waals surface area (Å²) in [7, 11) is 0. The van der Waals surface area contributed by atoms with Gasteiger partial charge >= 0.3 is 0 Å². The molecule has 1 aliphatic carbocycles. The van der Waals surface area contributed by atoms with E-state index >= 15 is 0 Å². The molecule has 2 amide bonds. The molecule has 0 unspecified atom stereocenters. The lowest BCUT2D eigenvalue weighted by atomic mass is 9.86. The van der Waals surface area contributed by atoms with Crippen molar-refractivity contribution in [3.05, 3.63) is 64.7 Å². The third-order valence-corrected chi connectivity index (χ3v) is 7.65. The first-order chi connectivity index (χ1) is 17.1. The lowest BCUT2D eigenvalue weighted by molar-refractivity contribution is -0.137. The van der Waals surface area contributed by atoms with E-state index in [1.807, 2.05) is 12.1 Å². The Kier molecular flexibility index (Phi) is 7.37. The lowest BCUT2D eigenvalue weighted by Crippen LogP contribution is -2.43. The summed E-state index contributed by atoms with van der Waals surface area (Å²) in [6, 6.07) is 14.4. The van der Waals surface area contributed by atoms with Gasteiger partial charge in [0, 0.05) is 25.6 Å². The number of carbonyl (C=O) groups excluding carboxylic acids is 2. The van der Waals surface area contributed by atoms with Crippen molar-refractivity contribution >= 4 is 11.8 Å². The highest BCUT2D eigenvalue weighted by molar-refractivity contribution is 5.80. The summed E-state index contributed by atoms with van der Waals surface area (Å²) >= 11 is 0. The molecule has 0 spiro atoms. The number of hydrogen-bond donors (Lipinski definition) is 1. The van der Waals surface area contributed by atoms with E-state index in [1.165, 1.54) is 11.1 Å². The van der Waals surface area contributed by atoms with Crippen molar-refractivity contribution in [2.75, 3.05) is 26.3 Å². The van der Waals surface area contributed by atoms with Gasteiger partial charge in [0.05, 0.1) is 12.1 Å². The topological polar surface area (TPSA) is 67.9 Å². The predicted octanol–water partition coefficient (Wildman–Crippen LogP) is 4.33. The standard InChI is InChI=1S/C29H36N2O4/c1-20-8-10-22(11-9-20)28-26-17-24(35-19-27(32)30-18-25-7-4-16-34-25)13-12-21(26)14-15-31(28)29(33)23-5-2-3-6-23/h8-13,17,23,25,28H,2-7,14-16,18-19H2,1H3,(H,30,32)/t25-,28+/m0/s1. The first-order valence-corrected chi connectivity index (χ1v) is 13.1. The minimum atomic E-state index is -0.147. The molecule has 35 heavy (non-hydrogen) atoms. The molecule has 2 aliphatic heterocycles. The monoisotopic (exact) mass is 476 g/mol. The van der Waals surface area contributed by atoms with E-state index < -0.39 is 0 Å². The van der Waals surface area contributed by atoms with E-state index in [2.05, 4.69) is 47.5 Å². The minimum absolute atomic E-state index is 0.0363. The van der Waals surface area contributed by atoms with Crippen LogP contribution in [0.15, 0.2) is 42.5 Å². The highest BCUT2D eigenvalue weighted by Gasteiger charge is 2.36. The van der Waals surface area contributed by atoms with Crippen LogP contribution in [0.2, 0.25) is 0 Å². The highest BCUT2D eigenvalue weighted by Crippen LogP contribution is 2.39. The molecule has 1 saturated heterocycles. The zero-order valence-corrected chi connectivity index (χ0v) is 20.6. The summed E-state index contributed by atoms with van der Waals surface area (Å²) in [5.41, 5.74) is 4.66. The molecule has 3 aliphatic rings. The predicted molar refractivity (Wildman–Crippen MR) is 134 cm³/mol. The molecule has 2 atom stereocenters.